The fraction of sp³-hybridized carbons (Fsp3) is 0.400. The lowest BCUT2D eigenvalue weighted by atomic mass is 10.1. The van der Waals surface area contributed by atoms with Crippen molar-refractivity contribution >= 4 is 22.6 Å². The van der Waals surface area contributed by atoms with Crippen molar-refractivity contribution in [1.82, 2.24) is 5.32 Å². The van der Waals surface area contributed by atoms with E-state index < -0.39 is 11.6 Å². The van der Waals surface area contributed by atoms with E-state index in [1.165, 1.54) is 6.07 Å². The third kappa shape index (κ3) is 1.91. The van der Waals surface area contributed by atoms with Crippen molar-refractivity contribution in [2.24, 2.45) is 0 Å². The topological polar surface area (TPSA) is 12.0 Å². The van der Waals surface area contributed by atoms with Crippen LogP contribution in [0.4, 0.5) is 8.78 Å². The van der Waals surface area contributed by atoms with Crippen LogP contribution < -0.4 is 5.32 Å². The van der Waals surface area contributed by atoms with Crippen LogP contribution in [0.1, 0.15) is 24.4 Å². The van der Waals surface area contributed by atoms with Crippen molar-refractivity contribution in [3.8, 4) is 0 Å². The van der Waals surface area contributed by atoms with E-state index in [2.05, 4.69) is 5.32 Å². The van der Waals surface area contributed by atoms with Crippen molar-refractivity contribution < 1.29 is 8.78 Å². The third-order valence-corrected chi connectivity index (χ3v) is 3.59. The quantitative estimate of drug-likeness (QED) is 0.621. The Balaban J connectivity index is 2.40. The highest BCUT2D eigenvalue weighted by Crippen LogP contribution is 2.29. The monoisotopic (exact) mass is 309 g/mol. The number of nitrogens with one attached hydrogen (secondary N) is 1. The van der Waals surface area contributed by atoms with Crippen molar-refractivity contribution in [2.45, 2.75) is 18.9 Å². The Hall–Kier alpha value is -0.230. The summed E-state index contributed by atoms with van der Waals surface area (Å²) in [6.07, 6.45) is 2.03. The molecular formula is C10H10F2IN. The summed E-state index contributed by atoms with van der Waals surface area (Å²) in [5, 5.41) is 3.23. The first-order valence-electron chi connectivity index (χ1n) is 4.56. The Morgan fingerprint density at radius 1 is 1.36 bits per heavy atom. The summed E-state index contributed by atoms with van der Waals surface area (Å²) in [5.74, 6) is -0.957. The second-order valence-electron chi connectivity index (χ2n) is 3.44. The van der Waals surface area contributed by atoms with Crippen molar-refractivity contribution in [3.63, 3.8) is 0 Å². The maximum absolute atomic E-state index is 13.2. The lowest BCUT2D eigenvalue weighted by Gasteiger charge is -2.13. The molecule has 0 amide bonds. The molecule has 1 fully saturated rings. The summed E-state index contributed by atoms with van der Waals surface area (Å²) in [7, 11) is 0. The first-order valence-corrected chi connectivity index (χ1v) is 5.64. The Bertz CT molecular complexity index is 348. The van der Waals surface area contributed by atoms with Crippen molar-refractivity contribution in [1.29, 1.82) is 0 Å². The molecule has 0 spiro atoms. The molecule has 1 atom stereocenters. The summed E-state index contributed by atoms with van der Waals surface area (Å²) < 4.78 is 26.7. The molecule has 1 N–H and O–H groups in total. The predicted molar refractivity (Wildman–Crippen MR) is 59.1 cm³/mol. The van der Waals surface area contributed by atoms with Crippen LogP contribution in [0.3, 0.4) is 0 Å². The van der Waals surface area contributed by atoms with Crippen LogP contribution in [0.15, 0.2) is 12.1 Å². The number of benzene rings is 1. The molecule has 0 bridgehead atoms. The van der Waals surface area contributed by atoms with Gasteiger partial charge in [0.05, 0.1) is 3.57 Å². The van der Waals surface area contributed by atoms with Crippen LogP contribution in [-0.2, 0) is 0 Å². The van der Waals surface area contributed by atoms with Gasteiger partial charge in [0.2, 0.25) is 0 Å². The van der Waals surface area contributed by atoms with Gasteiger partial charge in [0.15, 0.2) is 0 Å². The van der Waals surface area contributed by atoms with Crippen LogP contribution >= 0.6 is 22.6 Å². The molecule has 4 heteroatoms. The summed E-state index contributed by atoms with van der Waals surface area (Å²) in [6, 6.07) is 2.47. The molecule has 2 rings (SSSR count). The molecule has 0 aromatic heterocycles. The normalized spacial score (nSPS) is 21.5. The molecule has 1 heterocycles. The maximum atomic E-state index is 13.2. The molecular weight excluding hydrogens is 299 g/mol. The number of halogens is 3. The molecule has 14 heavy (non-hydrogen) atoms. The van der Waals surface area contributed by atoms with Gasteiger partial charge in [-0.1, -0.05) is 0 Å². The average Bonchev–Trinajstić information content (AvgIpc) is 2.63. The van der Waals surface area contributed by atoms with Gasteiger partial charge in [-0.2, -0.15) is 0 Å². The van der Waals surface area contributed by atoms with Gasteiger partial charge in [0, 0.05) is 12.1 Å². The van der Waals surface area contributed by atoms with E-state index in [4.69, 9.17) is 0 Å². The smallest absolute Gasteiger partial charge is 0.139 e. The van der Waals surface area contributed by atoms with Gasteiger partial charge in [-0.25, -0.2) is 8.78 Å². The Kier molecular flexibility index (Phi) is 3.02. The van der Waals surface area contributed by atoms with Crippen molar-refractivity contribution in [3.05, 3.63) is 32.9 Å². The summed E-state index contributed by atoms with van der Waals surface area (Å²) in [6.45, 7) is 0.929. The van der Waals surface area contributed by atoms with Crippen LogP contribution in [-0.4, -0.2) is 6.54 Å². The van der Waals surface area contributed by atoms with Crippen LogP contribution in [0.2, 0.25) is 0 Å². The minimum atomic E-state index is -0.494. The summed E-state index contributed by atoms with van der Waals surface area (Å²) in [5.41, 5.74) is 0.751. The van der Waals surface area contributed by atoms with Gasteiger partial charge in [-0.3, -0.25) is 0 Å². The molecule has 1 aromatic rings. The third-order valence-electron chi connectivity index (χ3n) is 2.46. The summed E-state index contributed by atoms with van der Waals surface area (Å²) >= 11 is 1.93. The number of hydrogen-bond donors (Lipinski definition) is 1. The molecule has 1 saturated heterocycles. The molecule has 76 valence electrons. The maximum Gasteiger partial charge on any atom is 0.139 e. The number of hydrogen-bond acceptors (Lipinski definition) is 1. The number of rotatable bonds is 1. The SMILES string of the molecule is Fc1cc(F)c(I)c(C2CCCN2)c1. The Morgan fingerprint density at radius 2 is 2.14 bits per heavy atom. The molecule has 1 nitrogen and oxygen atoms in total. The first-order chi connectivity index (χ1) is 6.68. The van der Waals surface area contributed by atoms with Gasteiger partial charge < -0.3 is 5.32 Å². The zero-order valence-corrected chi connectivity index (χ0v) is 9.64. The van der Waals surface area contributed by atoms with E-state index in [1.807, 2.05) is 22.6 Å². The predicted octanol–water partition coefficient (Wildman–Crippen LogP) is 2.99. The van der Waals surface area contributed by atoms with E-state index in [1.54, 1.807) is 0 Å². The van der Waals surface area contributed by atoms with E-state index in [9.17, 15) is 8.78 Å². The van der Waals surface area contributed by atoms with E-state index in [0.717, 1.165) is 31.0 Å². The largest absolute Gasteiger partial charge is 0.310 e. The average molecular weight is 309 g/mol. The van der Waals surface area contributed by atoms with Gasteiger partial charge in [-0.05, 0) is 53.6 Å². The zero-order valence-electron chi connectivity index (χ0n) is 7.49. The van der Waals surface area contributed by atoms with E-state index in [-0.39, 0.29) is 6.04 Å². The lowest BCUT2D eigenvalue weighted by molar-refractivity contribution is 0.558. The zero-order chi connectivity index (χ0) is 10.1. The van der Waals surface area contributed by atoms with E-state index in [0.29, 0.717) is 3.57 Å². The minimum Gasteiger partial charge on any atom is -0.310 e. The van der Waals surface area contributed by atoms with Crippen LogP contribution in [0.25, 0.3) is 0 Å². The van der Waals surface area contributed by atoms with Gasteiger partial charge >= 0.3 is 0 Å². The molecule has 0 aliphatic carbocycles. The molecule has 0 saturated carbocycles. The first kappa shape index (κ1) is 10.3. The lowest BCUT2D eigenvalue weighted by Crippen LogP contribution is -2.15. The van der Waals surface area contributed by atoms with E-state index >= 15 is 0 Å². The molecule has 1 aliphatic heterocycles. The van der Waals surface area contributed by atoms with Gasteiger partial charge in [-0.15, -0.1) is 0 Å². The molecule has 0 radical (unpaired) electrons. The molecule has 1 aromatic carbocycles. The Labute approximate surface area is 95.0 Å². The molecule has 1 unspecified atom stereocenters. The minimum absolute atomic E-state index is 0.118. The highest BCUT2D eigenvalue weighted by atomic mass is 127. The highest BCUT2D eigenvalue weighted by molar-refractivity contribution is 14.1. The van der Waals surface area contributed by atoms with Gasteiger partial charge in [0.25, 0.3) is 0 Å². The van der Waals surface area contributed by atoms with Gasteiger partial charge in [0.1, 0.15) is 11.6 Å². The van der Waals surface area contributed by atoms with Crippen LogP contribution in [0, 0.1) is 15.2 Å². The summed E-state index contributed by atoms with van der Waals surface area (Å²) in [4.78, 5) is 0. The standard InChI is InChI=1S/C10H10F2IN/c11-6-4-7(9-2-1-3-14-9)10(13)8(12)5-6/h4-5,9,14H,1-3H2. The highest BCUT2D eigenvalue weighted by Gasteiger charge is 2.21. The fourth-order valence-electron chi connectivity index (χ4n) is 1.78. The van der Waals surface area contributed by atoms with Crippen LogP contribution in [0.5, 0.6) is 0 Å². The fourth-order valence-corrected chi connectivity index (χ4v) is 2.47. The Morgan fingerprint density at radius 3 is 2.79 bits per heavy atom. The van der Waals surface area contributed by atoms with Crippen molar-refractivity contribution in [2.75, 3.05) is 6.54 Å². The second kappa shape index (κ2) is 4.10. The second-order valence-corrected chi connectivity index (χ2v) is 4.52. The molecule has 1 aliphatic rings.